The third-order valence-corrected chi connectivity index (χ3v) is 10.1. The fourth-order valence-corrected chi connectivity index (χ4v) is 7.85. The third kappa shape index (κ3) is 5.31. The molecular formula is C32H38N4O2S. The van der Waals surface area contributed by atoms with Crippen molar-refractivity contribution < 1.29 is 9.53 Å². The van der Waals surface area contributed by atoms with Gasteiger partial charge in [-0.05, 0) is 56.2 Å². The number of carbonyl (C=O) groups excluding carboxylic acids is 1. The van der Waals surface area contributed by atoms with E-state index in [1.54, 1.807) is 17.3 Å². The molecule has 0 spiro atoms. The predicted octanol–water partition coefficient (Wildman–Crippen LogP) is 6.41. The van der Waals surface area contributed by atoms with Gasteiger partial charge in [0, 0.05) is 47.9 Å². The van der Waals surface area contributed by atoms with Gasteiger partial charge in [0.25, 0.3) is 0 Å². The first kappa shape index (κ1) is 26.3. The molecule has 2 atom stereocenters. The number of esters is 1. The van der Waals surface area contributed by atoms with Crippen molar-refractivity contribution in [2.24, 2.45) is 17.8 Å². The number of allylic oxidation sites excluding steroid dienone is 1. The smallest absolute Gasteiger partial charge is 0.320 e. The zero-order valence-corrected chi connectivity index (χ0v) is 24.2. The predicted molar refractivity (Wildman–Crippen MR) is 158 cm³/mol. The molecule has 2 unspecified atom stereocenters. The quantitative estimate of drug-likeness (QED) is 0.274. The molecule has 1 saturated carbocycles. The van der Waals surface area contributed by atoms with Crippen molar-refractivity contribution in [2.45, 2.75) is 51.2 Å². The second-order valence-electron chi connectivity index (χ2n) is 11.7. The van der Waals surface area contributed by atoms with E-state index in [2.05, 4.69) is 54.2 Å². The van der Waals surface area contributed by atoms with Gasteiger partial charge in [-0.25, -0.2) is 9.50 Å². The SMILES string of the molecule is COC(=O)C1SC(c2ccc(-c3cc4ncc(C)cn4n3)cc2)=CC1C1=C(C2CCC(C)CC2)CN(C)CC1. The van der Waals surface area contributed by atoms with E-state index in [0.29, 0.717) is 5.92 Å². The highest BCUT2D eigenvalue weighted by molar-refractivity contribution is 8.09. The van der Waals surface area contributed by atoms with Gasteiger partial charge in [0.05, 0.1) is 12.8 Å². The van der Waals surface area contributed by atoms with Crippen molar-refractivity contribution in [2.75, 3.05) is 27.2 Å². The van der Waals surface area contributed by atoms with Crippen molar-refractivity contribution >= 4 is 28.3 Å². The molecule has 204 valence electrons. The minimum absolute atomic E-state index is 0.0907. The lowest BCUT2D eigenvalue weighted by Crippen LogP contribution is -2.36. The molecule has 0 radical (unpaired) electrons. The van der Waals surface area contributed by atoms with Gasteiger partial charge in [0.1, 0.15) is 5.25 Å². The summed E-state index contributed by atoms with van der Waals surface area (Å²) in [4.78, 5) is 21.1. The number of carbonyl (C=O) groups is 1. The van der Waals surface area contributed by atoms with E-state index >= 15 is 0 Å². The number of hydrogen-bond donors (Lipinski definition) is 0. The number of hydrogen-bond acceptors (Lipinski definition) is 6. The van der Waals surface area contributed by atoms with Gasteiger partial charge >= 0.3 is 5.97 Å². The minimum atomic E-state index is -0.228. The van der Waals surface area contributed by atoms with E-state index in [1.165, 1.54) is 38.4 Å². The molecule has 6 rings (SSSR count). The Morgan fingerprint density at radius 3 is 2.56 bits per heavy atom. The van der Waals surface area contributed by atoms with Crippen LogP contribution in [0.15, 0.2) is 59.9 Å². The summed E-state index contributed by atoms with van der Waals surface area (Å²) >= 11 is 1.66. The molecule has 1 aromatic carbocycles. The third-order valence-electron chi connectivity index (χ3n) is 8.78. The summed E-state index contributed by atoms with van der Waals surface area (Å²) in [7, 11) is 3.75. The van der Waals surface area contributed by atoms with Gasteiger partial charge in [0.2, 0.25) is 0 Å². The summed E-state index contributed by atoms with van der Waals surface area (Å²) in [6, 6.07) is 10.6. The number of methoxy groups -OCH3 is 1. The highest BCUT2D eigenvalue weighted by Gasteiger charge is 2.40. The van der Waals surface area contributed by atoms with Gasteiger partial charge in [-0.1, -0.05) is 61.3 Å². The van der Waals surface area contributed by atoms with E-state index in [0.717, 1.165) is 58.4 Å². The zero-order chi connectivity index (χ0) is 27.1. The molecule has 2 aliphatic heterocycles. The summed E-state index contributed by atoms with van der Waals surface area (Å²) in [5.41, 5.74) is 8.10. The lowest BCUT2D eigenvalue weighted by molar-refractivity contribution is -0.140. The lowest BCUT2D eigenvalue weighted by atomic mass is 9.74. The van der Waals surface area contributed by atoms with E-state index < -0.39 is 0 Å². The molecule has 0 saturated heterocycles. The number of thioether (sulfide) groups is 1. The number of aromatic nitrogens is 3. The average Bonchev–Trinajstić information content (AvgIpc) is 3.58. The number of aryl methyl sites for hydroxylation is 1. The molecular weight excluding hydrogens is 504 g/mol. The molecule has 4 heterocycles. The first-order chi connectivity index (χ1) is 18.9. The van der Waals surface area contributed by atoms with E-state index in [9.17, 15) is 4.79 Å². The Morgan fingerprint density at radius 1 is 1.08 bits per heavy atom. The van der Waals surface area contributed by atoms with E-state index in [-0.39, 0.29) is 17.1 Å². The molecule has 1 fully saturated rings. The first-order valence-corrected chi connectivity index (χ1v) is 15.1. The van der Waals surface area contributed by atoms with Crippen LogP contribution in [0.2, 0.25) is 0 Å². The zero-order valence-electron chi connectivity index (χ0n) is 23.4. The fourth-order valence-electron chi connectivity index (χ4n) is 6.50. The Balaban J connectivity index is 1.31. The van der Waals surface area contributed by atoms with Crippen molar-refractivity contribution in [3.05, 3.63) is 71.1 Å². The summed E-state index contributed by atoms with van der Waals surface area (Å²) < 4.78 is 7.16. The average molecular weight is 543 g/mol. The maximum atomic E-state index is 13.1. The van der Waals surface area contributed by atoms with Crippen molar-refractivity contribution in [3.63, 3.8) is 0 Å². The Kier molecular flexibility index (Phi) is 7.38. The molecule has 3 aromatic rings. The van der Waals surface area contributed by atoms with Crippen LogP contribution in [0.5, 0.6) is 0 Å². The number of nitrogens with zero attached hydrogens (tertiary/aromatic N) is 4. The molecule has 6 nitrogen and oxygen atoms in total. The first-order valence-electron chi connectivity index (χ1n) is 14.2. The van der Waals surface area contributed by atoms with Crippen LogP contribution in [0.25, 0.3) is 21.8 Å². The van der Waals surface area contributed by atoms with Crippen LogP contribution in [-0.4, -0.2) is 58.0 Å². The minimum Gasteiger partial charge on any atom is -0.468 e. The molecule has 0 amide bonds. The van der Waals surface area contributed by atoms with Crippen molar-refractivity contribution in [1.82, 2.24) is 19.5 Å². The van der Waals surface area contributed by atoms with Crippen molar-refractivity contribution in [1.29, 1.82) is 0 Å². The van der Waals surface area contributed by atoms with Gasteiger partial charge in [-0.15, -0.1) is 11.8 Å². The summed E-state index contributed by atoms with van der Waals surface area (Å²) in [5, 5.41) is 4.49. The molecule has 2 aromatic heterocycles. The van der Waals surface area contributed by atoms with Crippen LogP contribution in [0, 0.1) is 24.7 Å². The van der Waals surface area contributed by atoms with Gasteiger partial charge in [-0.2, -0.15) is 5.10 Å². The number of likely N-dealkylation sites (N-methyl/N-ethyl adjacent to an activating group) is 1. The maximum absolute atomic E-state index is 13.1. The van der Waals surface area contributed by atoms with Crippen molar-refractivity contribution in [3.8, 4) is 11.3 Å². The number of rotatable bonds is 5. The molecule has 39 heavy (non-hydrogen) atoms. The van der Waals surface area contributed by atoms with Crippen LogP contribution < -0.4 is 0 Å². The molecule has 0 N–H and O–H groups in total. The summed E-state index contributed by atoms with van der Waals surface area (Å²) in [6.45, 7) is 6.47. The second kappa shape index (κ2) is 10.9. The monoisotopic (exact) mass is 542 g/mol. The highest BCUT2D eigenvalue weighted by atomic mass is 32.2. The molecule has 3 aliphatic rings. The number of fused-ring (bicyclic) bond motifs is 1. The Morgan fingerprint density at radius 2 is 1.82 bits per heavy atom. The molecule has 0 bridgehead atoms. The standard InChI is InChI=1S/C32H38N4O2S/c1-20-5-7-22(8-6-20)27-19-35(3)14-13-25(27)26-15-29(39-31(26)32(37)38-4)24-11-9-23(10-12-24)28-16-30-33-17-21(2)18-36(30)34-28/h9-12,15-18,20,22,26,31H,5-8,13-14,19H2,1-4H3. The largest absolute Gasteiger partial charge is 0.468 e. The lowest BCUT2D eigenvalue weighted by Gasteiger charge is -2.37. The summed E-state index contributed by atoms with van der Waals surface area (Å²) in [5.74, 6) is 1.44. The Bertz CT molecular complexity index is 1430. The van der Waals surface area contributed by atoms with Gasteiger partial charge < -0.3 is 9.64 Å². The number of benzene rings is 1. The van der Waals surface area contributed by atoms with Crippen LogP contribution in [0.4, 0.5) is 0 Å². The van der Waals surface area contributed by atoms with Crippen LogP contribution in [0.1, 0.15) is 50.2 Å². The Labute approximate surface area is 235 Å². The normalized spacial score (nSPS) is 26.2. The van der Waals surface area contributed by atoms with Crippen LogP contribution in [0.3, 0.4) is 0 Å². The van der Waals surface area contributed by atoms with Crippen LogP contribution >= 0.6 is 11.8 Å². The van der Waals surface area contributed by atoms with E-state index in [1.807, 2.05) is 29.9 Å². The fraction of sp³-hybridized carbons (Fsp3) is 0.469. The molecule has 1 aliphatic carbocycles. The highest BCUT2D eigenvalue weighted by Crippen LogP contribution is 2.49. The topological polar surface area (TPSA) is 59.7 Å². The second-order valence-corrected chi connectivity index (χ2v) is 12.8. The maximum Gasteiger partial charge on any atom is 0.320 e. The summed E-state index contributed by atoms with van der Waals surface area (Å²) in [6.07, 6.45) is 12.4. The van der Waals surface area contributed by atoms with Gasteiger partial charge in [0.15, 0.2) is 5.65 Å². The Hall–Kier alpha value is -2.90. The number of ether oxygens (including phenoxy) is 1. The van der Waals surface area contributed by atoms with Crippen LogP contribution in [-0.2, 0) is 9.53 Å². The van der Waals surface area contributed by atoms with E-state index in [4.69, 9.17) is 9.84 Å². The van der Waals surface area contributed by atoms with Gasteiger partial charge in [-0.3, -0.25) is 4.79 Å². The molecule has 7 heteroatoms.